The Kier molecular flexibility index (Phi) is 7.57. The van der Waals surface area contributed by atoms with E-state index >= 15 is 0 Å². The van der Waals surface area contributed by atoms with E-state index in [2.05, 4.69) is 10.3 Å². The molecule has 2 aromatic carbocycles. The number of thiazole rings is 1. The van der Waals surface area contributed by atoms with Crippen molar-refractivity contribution in [2.45, 2.75) is 31.6 Å². The summed E-state index contributed by atoms with van der Waals surface area (Å²) >= 11 is 7.78. The third-order valence-electron chi connectivity index (χ3n) is 5.64. The number of piperidine rings is 1. The van der Waals surface area contributed by atoms with E-state index in [9.17, 15) is 13.2 Å². The van der Waals surface area contributed by atoms with E-state index in [1.807, 2.05) is 43.5 Å². The van der Waals surface area contributed by atoms with Gasteiger partial charge in [0.25, 0.3) is 0 Å². The van der Waals surface area contributed by atoms with Gasteiger partial charge < -0.3 is 10.1 Å². The number of hydrogen-bond acceptors (Lipinski definition) is 6. The molecule has 1 N–H and O–H groups in total. The zero-order valence-corrected chi connectivity index (χ0v) is 21.3. The molecule has 1 unspecified atom stereocenters. The third-order valence-corrected chi connectivity index (χ3v) is 8.57. The van der Waals surface area contributed by atoms with Crippen LogP contribution in [0.1, 0.15) is 24.8 Å². The van der Waals surface area contributed by atoms with Crippen molar-refractivity contribution in [3.63, 3.8) is 0 Å². The summed E-state index contributed by atoms with van der Waals surface area (Å²) in [5.74, 6) is -0.211. The molecule has 1 fully saturated rings. The van der Waals surface area contributed by atoms with Crippen LogP contribution in [0, 0.1) is 12.8 Å². The van der Waals surface area contributed by atoms with Gasteiger partial charge >= 0.3 is 0 Å². The number of benzene rings is 2. The topological polar surface area (TPSA) is 88.6 Å². The van der Waals surface area contributed by atoms with Gasteiger partial charge in [-0.15, -0.1) is 11.3 Å². The summed E-state index contributed by atoms with van der Waals surface area (Å²) < 4.78 is 33.2. The van der Waals surface area contributed by atoms with Crippen molar-refractivity contribution >= 4 is 44.6 Å². The zero-order valence-electron chi connectivity index (χ0n) is 19.0. The Hall–Kier alpha value is -2.46. The number of sulfonamides is 1. The third kappa shape index (κ3) is 5.43. The van der Waals surface area contributed by atoms with Crippen LogP contribution in [-0.2, 0) is 14.8 Å². The first-order valence-electron chi connectivity index (χ1n) is 11.0. The average molecular weight is 520 g/mol. The fourth-order valence-electron chi connectivity index (χ4n) is 3.93. The lowest BCUT2D eigenvalue weighted by Crippen LogP contribution is -2.43. The molecule has 1 amide bonds. The fourth-order valence-corrected chi connectivity index (χ4v) is 6.41. The molecule has 4 rings (SSSR count). The SMILES string of the molecule is CCOc1ccc(S(=O)(=O)N2CCCC(C(=O)Nc3cccc(-c4csc(C)n4)c3)C2)cc1Cl. The molecule has 1 atom stereocenters. The van der Waals surface area contributed by atoms with E-state index in [0.717, 1.165) is 16.3 Å². The Morgan fingerprint density at radius 2 is 2.12 bits per heavy atom. The molecule has 34 heavy (non-hydrogen) atoms. The molecule has 0 saturated carbocycles. The molecule has 1 aliphatic rings. The van der Waals surface area contributed by atoms with E-state index in [0.29, 0.717) is 37.4 Å². The summed E-state index contributed by atoms with van der Waals surface area (Å²) in [5.41, 5.74) is 2.44. The number of amides is 1. The number of aromatic nitrogens is 1. The number of carbonyl (C=O) groups excluding carboxylic acids is 1. The number of carbonyl (C=O) groups is 1. The van der Waals surface area contributed by atoms with Gasteiger partial charge in [0, 0.05) is 29.7 Å². The monoisotopic (exact) mass is 519 g/mol. The number of rotatable bonds is 7. The number of halogens is 1. The molecule has 1 aliphatic heterocycles. The first-order valence-corrected chi connectivity index (χ1v) is 13.7. The molecule has 1 aromatic heterocycles. The van der Waals surface area contributed by atoms with Gasteiger partial charge in [-0.05, 0) is 57.0 Å². The van der Waals surface area contributed by atoms with Crippen molar-refractivity contribution in [2.24, 2.45) is 5.92 Å². The van der Waals surface area contributed by atoms with Crippen molar-refractivity contribution in [3.05, 3.63) is 57.9 Å². The normalized spacial score (nSPS) is 16.9. The van der Waals surface area contributed by atoms with Crippen molar-refractivity contribution in [3.8, 4) is 17.0 Å². The molecular formula is C24H26ClN3O4S2. The molecule has 3 aromatic rings. The quantitative estimate of drug-likeness (QED) is 0.463. The number of aryl methyl sites for hydroxylation is 1. The molecule has 0 aliphatic carbocycles. The van der Waals surface area contributed by atoms with Crippen molar-refractivity contribution in [2.75, 3.05) is 25.0 Å². The first-order chi connectivity index (χ1) is 16.3. The van der Waals surface area contributed by atoms with Crippen LogP contribution in [0.25, 0.3) is 11.3 Å². The van der Waals surface area contributed by atoms with Gasteiger partial charge in [0.15, 0.2) is 0 Å². The number of nitrogens with one attached hydrogen (secondary N) is 1. The van der Waals surface area contributed by atoms with Gasteiger partial charge in [0.2, 0.25) is 15.9 Å². The lowest BCUT2D eigenvalue weighted by atomic mass is 9.98. The van der Waals surface area contributed by atoms with E-state index in [1.165, 1.54) is 16.4 Å². The van der Waals surface area contributed by atoms with Gasteiger partial charge in [0.1, 0.15) is 5.75 Å². The fraction of sp³-hybridized carbons (Fsp3) is 0.333. The van der Waals surface area contributed by atoms with E-state index < -0.39 is 15.9 Å². The highest BCUT2D eigenvalue weighted by Gasteiger charge is 2.33. The predicted molar refractivity (Wildman–Crippen MR) is 135 cm³/mol. The summed E-state index contributed by atoms with van der Waals surface area (Å²) in [5, 5.41) is 6.14. The lowest BCUT2D eigenvalue weighted by molar-refractivity contribution is -0.120. The maximum absolute atomic E-state index is 13.2. The predicted octanol–water partition coefficient (Wildman–Crippen LogP) is 5.21. The van der Waals surface area contributed by atoms with Crippen LogP contribution < -0.4 is 10.1 Å². The number of nitrogens with zero attached hydrogens (tertiary/aromatic N) is 2. The molecule has 180 valence electrons. The van der Waals surface area contributed by atoms with Crippen LogP contribution in [0.2, 0.25) is 5.02 Å². The van der Waals surface area contributed by atoms with E-state index in [-0.39, 0.29) is 22.4 Å². The largest absolute Gasteiger partial charge is 0.492 e. The van der Waals surface area contributed by atoms with Crippen LogP contribution in [0.3, 0.4) is 0 Å². The number of hydrogen-bond donors (Lipinski definition) is 1. The summed E-state index contributed by atoms with van der Waals surface area (Å²) in [6, 6.07) is 12.0. The maximum atomic E-state index is 13.2. The van der Waals surface area contributed by atoms with Crippen LogP contribution in [0.15, 0.2) is 52.7 Å². The molecular weight excluding hydrogens is 494 g/mol. The molecule has 0 bridgehead atoms. The minimum atomic E-state index is -3.79. The van der Waals surface area contributed by atoms with E-state index in [4.69, 9.17) is 16.3 Å². The van der Waals surface area contributed by atoms with Crippen molar-refractivity contribution < 1.29 is 17.9 Å². The first kappa shape index (κ1) is 24.7. The highest BCUT2D eigenvalue weighted by Crippen LogP contribution is 2.31. The van der Waals surface area contributed by atoms with Gasteiger partial charge in [-0.25, -0.2) is 13.4 Å². The van der Waals surface area contributed by atoms with Crippen LogP contribution >= 0.6 is 22.9 Å². The van der Waals surface area contributed by atoms with Crippen LogP contribution in [-0.4, -0.2) is 43.3 Å². The van der Waals surface area contributed by atoms with Crippen LogP contribution in [0.5, 0.6) is 5.75 Å². The Labute approximate surface area is 208 Å². The molecule has 0 spiro atoms. The van der Waals surface area contributed by atoms with Gasteiger partial charge in [-0.1, -0.05) is 23.7 Å². The second kappa shape index (κ2) is 10.4. The molecule has 10 heteroatoms. The Morgan fingerprint density at radius 1 is 1.29 bits per heavy atom. The second-order valence-corrected chi connectivity index (χ2v) is 11.5. The molecule has 7 nitrogen and oxygen atoms in total. The van der Waals surface area contributed by atoms with Crippen molar-refractivity contribution in [1.29, 1.82) is 0 Å². The second-order valence-electron chi connectivity index (χ2n) is 8.05. The molecule has 1 saturated heterocycles. The summed E-state index contributed by atoms with van der Waals surface area (Å²) in [4.78, 5) is 17.6. The minimum Gasteiger partial charge on any atom is -0.492 e. The van der Waals surface area contributed by atoms with Gasteiger partial charge in [-0.2, -0.15) is 4.31 Å². The Bertz CT molecular complexity index is 1290. The lowest BCUT2D eigenvalue weighted by Gasteiger charge is -2.31. The summed E-state index contributed by atoms with van der Waals surface area (Å²) in [6.07, 6.45) is 1.22. The number of ether oxygens (including phenoxy) is 1. The highest BCUT2D eigenvalue weighted by atomic mass is 35.5. The van der Waals surface area contributed by atoms with Crippen LogP contribution in [0.4, 0.5) is 5.69 Å². The standard InChI is InChI=1S/C24H26ClN3O4S2/c1-3-32-23-10-9-20(13-21(23)25)34(30,31)28-11-5-7-18(14-28)24(29)27-19-8-4-6-17(12-19)22-15-33-16(2)26-22/h4,6,8-10,12-13,15,18H,3,5,7,11,14H2,1-2H3,(H,27,29). The highest BCUT2D eigenvalue weighted by molar-refractivity contribution is 7.89. The van der Waals surface area contributed by atoms with Gasteiger partial charge in [-0.3, -0.25) is 4.79 Å². The average Bonchev–Trinajstić information content (AvgIpc) is 3.27. The Balaban J connectivity index is 1.46. The smallest absolute Gasteiger partial charge is 0.243 e. The van der Waals surface area contributed by atoms with E-state index in [1.54, 1.807) is 17.4 Å². The minimum absolute atomic E-state index is 0.0910. The zero-order chi connectivity index (χ0) is 24.3. The summed E-state index contributed by atoms with van der Waals surface area (Å²) in [7, 11) is -3.79. The number of anilines is 1. The maximum Gasteiger partial charge on any atom is 0.243 e. The molecule has 0 radical (unpaired) electrons. The molecule has 2 heterocycles. The van der Waals surface area contributed by atoms with Crippen molar-refractivity contribution in [1.82, 2.24) is 9.29 Å². The summed E-state index contributed by atoms with van der Waals surface area (Å²) in [6.45, 7) is 4.68. The Morgan fingerprint density at radius 3 is 2.82 bits per heavy atom. The van der Waals surface area contributed by atoms with Gasteiger partial charge in [0.05, 0.1) is 33.1 Å².